The smallest absolute Gasteiger partial charge is 0.287 e. The lowest BCUT2D eigenvalue weighted by molar-refractivity contribution is 0.0924. The minimum atomic E-state index is -0.346. The quantitative estimate of drug-likeness (QED) is 0.753. The van der Waals surface area contributed by atoms with Gasteiger partial charge in [-0.05, 0) is 30.3 Å². The van der Waals surface area contributed by atoms with Crippen LogP contribution in [0.2, 0.25) is 5.02 Å². The first-order chi connectivity index (χ1) is 11.1. The van der Waals surface area contributed by atoms with Gasteiger partial charge < -0.3 is 14.8 Å². The molecule has 2 N–H and O–H groups in total. The zero-order chi connectivity index (χ0) is 16.2. The average Bonchev–Trinajstić information content (AvgIpc) is 3.04. The van der Waals surface area contributed by atoms with Crippen molar-refractivity contribution in [3.63, 3.8) is 0 Å². The highest BCUT2D eigenvalue weighted by atomic mass is 35.5. The Morgan fingerprint density at radius 3 is 2.70 bits per heavy atom. The van der Waals surface area contributed by atoms with Crippen molar-refractivity contribution < 1.29 is 14.3 Å². The molecule has 3 aromatic rings. The lowest BCUT2D eigenvalue weighted by Crippen LogP contribution is -2.22. The third-order valence-electron chi connectivity index (χ3n) is 3.37. The number of phenolic OH excluding ortho intramolecular Hbond substituents is 1. The van der Waals surface area contributed by atoms with Crippen molar-refractivity contribution in [3.8, 4) is 17.1 Å². The van der Waals surface area contributed by atoms with Crippen LogP contribution in [0.5, 0.6) is 5.75 Å². The van der Waals surface area contributed by atoms with Crippen LogP contribution in [0.25, 0.3) is 11.3 Å². The summed E-state index contributed by atoms with van der Waals surface area (Å²) in [7, 11) is 0. The predicted octanol–water partition coefficient (Wildman–Crippen LogP) is 4.24. The Balaban J connectivity index is 1.70. The minimum absolute atomic E-state index is 0.145. The van der Waals surface area contributed by atoms with E-state index in [2.05, 4.69) is 5.32 Å². The van der Waals surface area contributed by atoms with Crippen LogP contribution in [-0.2, 0) is 6.54 Å². The molecule has 0 aliphatic rings. The van der Waals surface area contributed by atoms with Gasteiger partial charge in [0.05, 0.1) is 0 Å². The number of furan rings is 1. The summed E-state index contributed by atoms with van der Waals surface area (Å²) in [6.45, 7) is 0.221. The molecule has 0 fully saturated rings. The van der Waals surface area contributed by atoms with Crippen LogP contribution >= 0.6 is 11.6 Å². The summed E-state index contributed by atoms with van der Waals surface area (Å²) < 4.78 is 5.57. The third kappa shape index (κ3) is 3.55. The maximum absolute atomic E-state index is 12.1. The number of para-hydroxylation sites is 1. The number of carbonyl (C=O) groups is 1. The first-order valence-corrected chi connectivity index (χ1v) is 7.42. The van der Waals surface area contributed by atoms with Crippen molar-refractivity contribution >= 4 is 17.5 Å². The Bertz CT molecular complexity index is 842. The van der Waals surface area contributed by atoms with Gasteiger partial charge in [0.15, 0.2) is 5.76 Å². The van der Waals surface area contributed by atoms with E-state index in [9.17, 15) is 9.90 Å². The van der Waals surface area contributed by atoms with Crippen LogP contribution < -0.4 is 5.32 Å². The number of hydrogen-bond acceptors (Lipinski definition) is 3. The molecule has 1 heterocycles. The molecule has 116 valence electrons. The second-order valence-electron chi connectivity index (χ2n) is 4.99. The summed E-state index contributed by atoms with van der Waals surface area (Å²) in [5, 5.41) is 13.0. The summed E-state index contributed by atoms with van der Waals surface area (Å²) in [6, 6.07) is 17.4. The minimum Gasteiger partial charge on any atom is -0.508 e. The van der Waals surface area contributed by atoms with Crippen molar-refractivity contribution in [2.45, 2.75) is 6.54 Å². The van der Waals surface area contributed by atoms with Crippen molar-refractivity contribution in [1.29, 1.82) is 0 Å². The Morgan fingerprint density at radius 1 is 1.09 bits per heavy atom. The molecule has 5 heteroatoms. The molecular formula is C18H14ClNO3. The van der Waals surface area contributed by atoms with E-state index in [0.29, 0.717) is 16.3 Å². The molecule has 23 heavy (non-hydrogen) atoms. The summed E-state index contributed by atoms with van der Waals surface area (Å²) >= 11 is 5.95. The van der Waals surface area contributed by atoms with Gasteiger partial charge in [0, 0.05) is 22.7 Å². The molecule has 3 rings (SSSR count). The molecule has 1 aromatic heterocycles. The number of amides is 1. The highest BCUT2D eigenvalue weighted by Crippen LogP contribution is 2.25. The standard InChI is InChI=1S/C18H14ClNO3/c19-14-6-3-5-12(10-14)16-8-9-17(23-16)18(22)20-11-13-4-1-2-7-15(13)21/h1-10,21H,11H2,(H,20,22). The summed E-state index contributed by atoms with van der Waals surface area (Å²) in [5.74, 6) is 0.573. The molecule has 0 unspecified atom stereocenters. The highest BCUT2D eigenvalue weighted by molar-refractivity contribution is 6.30. The second-order valence-corrected chi connectivity index (χ2v) is 5.42. The molecule has 0 spiro atoms. The van der Waals surface area contributed by atoms with Crippen molar-refractivity contribution in [3.05, 3.63) is 77.0 Å². The van der Waals surface area contributed by atoms with Gasteiger partial charge in [0.25, 0.3) is 5.91 Å². The average molecular weight is 328 g/mol. The zero-order valence-electron chi connectivity index (χ0n) is 12.1. The van der Waals surface area contributed by atoms with E-state index >= 15 is 0 Å². The summed E-state index contributed by atoms with van der Waals surface area (Å²) in [6.07, 6.45) is 0. The van der Waals surface area contributed by atoms with Crippen LogP contribution in [0.3, 0.4) is 0 Å². The Hall–Kier alpha value is -2.72. The molecule has 2 aromatic carbocycles. The Morgan fingerprint density at radius 2 is 1.91 bits per heavy atom. The number of benzene rings is 2. The van der Waals surface area contributed by atoms with Gasteiger partial charge in [-0.15, -0.1) is 0 Å². The number of phenols is 1. The third-order valence-corrected chi connectivity index (χ3v) is 3.61. The van der Waals surface area contributed by atoms with Gasteiger partial charge in [-0.1, -0.05) is 41.9 Å². The van der Waals surface area contributed by atoms with Gasteiger partial charge in [0.2, 0.25) is 0 Å². The van der Waals surface area contributed by atoms with Gasteiger partial charge in [-0.2, -0.15) is 0 Å². The van der Waals surface area contributed by atoms with E-state index in [1.165, 1.54) is 0 Å². The van der Waals surface area contributed by atoms with Gasteiger partial charge in [-0.25, -0.2) is 0 Å². The van der Waals surface area contributed by atoms with Crippen LogP contribution in [0.15, 0.2) is 65.1 Å². The predicted molar refractivity (Wildman–Crippen MR) is 88.4 cm³/mol. The lowest BCUT2D eigenvalue weighted by atomic mass is 10.2. The Kier molecular flexibility index (Phi) is 4.35. The van der Waals surface area contributed by atoms with Crippen molar-refractivity contribution in [2.24, 2.45) is 0 Å². The number of carbonyl (C=O) groups excluding carboxylic acids is 1. The molecule has 0 aliphatic carbocycles. The van der Waals surface area contributed by atoms with Crippen LogP contribution in [0, 0.1) is 0 Å². The van der Waals surface area contributed by atoms with E-state index < -0.39 is 0 Å². The molecule has 0 bridgehead atoms. The molecule has 4 nitrogen and oxygen atoms in total. The van der Waals surface area contributed by atoms with Crippen LogP contribution in [0.4, 0.5) is 0 Å². The van der Waals surface area contributed by atoms with Crippen LogP contribution in [0.1, 0.15) is 16.1 Å². The fraction of sp³-hybridized carbons (Fsp3) is 0.0556. The van der Waals surface area contributed by atoms with E-state index in [1.54, 1.807) is 48.5 Å². The fourth-order valence-electron chi connectivity index (χ4n) is 2.18. The maximum Gasteiger partial charge on any atom is 0.287 e. The largest absolute Gasteiger partial charge is 0.508 e. The molecule has 0 radical (unpaired) electrons. The highest BCUT2D eigenvalue weighted by Gasteiger charge is 2.12. The van der Waals surface area contributed by atoms with Gasteiger partial charge in [0.1, 0.15) is 11.5 Å². The van der Waals surface area contributed by atoms with E-state index in [-0.39, 0.29) is 24.0 Å². The number of halogens is 1. The fourth-order valence-corrected chi connectivity index (χ4v) is 2.37. The molecular weight excluding hydrogens is 314 g/mol. The number of hydrogen-bond donors (Lipinski definition) is 2. The van der Waals surface area contributed by atoms with Crippen molar-refractivity contribution in [1.82, 2.24) is 5.32 Å². The maximum atomic E-state index is 12.1. The number of rotatable bonds is 4. The van der Waals surface area contributed by atoms with E-state index in [0.717, 1.165) is 5.56 Å². The first kappa shape index (κ1) is 15.2. The molecule has 0 saturated heterocycles. The zero-order valence-corrected chi connectivity index (χ0v) is 12.9. The molecule has 0 atom stereocenters. The number of nitrogens with one attached hydrogen (secondary N) is 1. The number of aromatic hydroxyl groups is 1. The SMILES string of the molecule is O=C(NCc1ccccc1O)c1ccc(-c2cccc(Cl)c2)o1. The second kappa shape index (κ2) is 6.58. The topological polar surface area (TPSA) is 62.5 Å². The Labute approximate surface area is 138 Å². The van der Waals surface area contributed by atoms with E-state index in [4.69, 9.17) is 16.0 Å². The molecule has 0 aliphatic heterocycles. The normalized spacial score (nSPS) is 10.5. The van der Waals surface area contributed by atoms with Crippen LogP contribution in [-0.4, -0.2) is 11.0 Å². The molecule has 0 saturated carbocycles. The monoisotopic (exact) mass is 327 g/mol. The summed E-state index contributed by atoms with van der Waals surface area (Å²) in [4.78, 5) is 12.1. The van der Waals surface area contributed by atoms with E-state index in [1.807, 2.05) is 12.1 Å². The van der Waals surface area contributed by atoms with Crippen molar-refractivity contribution in [2.75, 3.05) is 0 Å². The molecule has 1 amide bonds. The lowest BCUT2D eigenvalue weighted by Gasteiger charge is -2.05. The van der Waals surface area contributed by atoms with Gasteiger partial charge >= 0.3 is 0 Å². The van der Waals surface area contributed by atoms with Gasteiger partial charge in [-0.3, -0.25) is 4.79 Å². The first-order valence-electron chi connectivity index (χ1n) is 7.04. The summed E-state index contributed by atoms with van der Waals surface area (Å²) in [5.41, 5.74) is 1.44.